The average Bonchev–Trinajstić information content (AvgIpc) is 2.41. The standard InChI is InChI=1S/C10H16N2O8.C5H14NO/c13-7(14)3-11(4-8(15)16)1-2-12(5-9(17)18)6-10(19)20;1-6(2,3)4-5-7/h1-6H2,(H,13,14)(H,15,16)(H,17,18)(H,19,20);7H,4-5H2,1-3H3/q;+1. The minimum absolute atomic E-state index is 0.0703. The zero-order valence-corrected chi connectivity index (χ0v) is 15.9. The Morgan fingerprint density at radius 3 is 1.04 bits per heavy atom. The highest BCUT2D eigenvalue weighted by atomic mass is 16.4. The van der Waals surface area contributed by atoms with Crippen molar-refractivity contribution in [2.45, 2.75) is 0 Å². The van der Waals surface area contributed by atoms with E-state index in [1.807, 2.05) is 0 Å². The molecule has 0 amide bonds. The molecule has 0 spiro atoms. The largest absolute Gasteiger partial charge is 0.480 e. The van der Waals surface area contributed by atoms with E-state index in [0.717, 1.165) is 20.8 Å². The molecule has 0 aliphatic rings. The van der Waals surface area contributed by atoms with Crippen LogP contribution in [0.5, 0.6) is 0 Å². The van der Waals surface area contributed by atoms with Crippen molar-refractivity contribution in [2.24, 2.45) is 0 Å². The molecule has 0 heterocycles. The van der Waals surface area contributed by atoms with Gasteiger partial charge in [0.25, 0.3) is 0 Å². The van der Waals surface area contributed by atoms with Gasteiger partial charge in [-0.2, -0.15) is 0 Å². The second-order valence-electron chi connectivity index (χ2n) is 6.73. The summed E-state index contributed by atoms with van der Waals surface area (Å²) in [5.74, 6) is -4.91. The van der Waals surface area contributed by atoms with Crippen molar-refractivity contribution in [2.75, 3.05) is 73.6 Å². The minimum atomic E-state index is -1.23. The zero-order chi connectivity index (χ0) is 21.6. The van der Waals surface area contributed by atoms with Gasteiger partial charge in [0.15, 0.2) is 0 Å². The van der Waals surface area contributed by atoms with Crippen molar-refractivity contribution in [3.8, 4) is 0 Å². The fourth-order valence-corrected chi connectivity index (χ4v) is 1.78. The zero-order valence-electron chi connectivity index (χ0n) is 15.9. The Morgan fingerprint density at radius 1 is 0.667 bits per heavy atom. The van der Waals surface area contributed by atoms with Crippen LogP contribution in [0.3, 0.4) is 0 Å². The fraction of sp³-hybridized carbons (Fsp3) is 0.733. The third-order valence-corrected chi connectivity index (χ3v) is 2.94. The lowest BCUT2D eigenvalue weighted by molar-refractivity contribution is -0.870. The van der Waals surface area contributed by atoms with Crippen LogP contribution >= 0.6 is 0 Å². The molecule has 0 radical (unpaired) electrons. The normalized spacial score (nSPS) is 11.0. The van der Waals surface area contributed by atoms with Crippen LogP contribution in [0, 0.1) is 0 Å². The van der Waals surface area contributed by atoms with E-state index in [2.05, 4.69) is 21.1 Å². The number of quaternary nitrogens is 1. The maximum absolute atomic E-state index is 10.6. The molecule has 0 fully saturated rings. The van der Waals surface area contributed by atoms with Crippen molar-refractivity contribution in [3.05, 3.63) is 0 Å². The topological polar surface area (TPSA) is 176 Å². The molecule has 0 aromatic heterocycles. The third kappa shape index (κ3) is 21.7. The summed E-state index contributed by atoms with van der Waals surface area (Å²) in [7, 11) is 6.16. The van der Waals surface area contributed by atoms with Gasteiger partial charge in [0.2, 0.25) is 0 Å². The Labute approximate surface area is 157 Å². The lowest BCUT2D eigenvalue weighted by atomic mass is 10.4. The van der Waals surface area contributed by atoms with E-state index in [1.165, 1.54) is 0 Å². The Balaban J connectivity index is 0. The molecular formula is C15H30N3O9+. The van der Waals surface area contributed by atoms with Crippen LogP contribution in [0.2, 0.25) is 0 Å². The molecule has 0 aromatic rings. The monoisotopic (exact) mass is 396 g/mol. The summed E-state index contributed by atoms with van der Waals surface area (Å²) in [5.41, 5.74) is 0. The van der Waals surface area contributed by atoms with Crippen molar-refractivity contribution in [1.82, 2.24) is 9.80 Å². The maximum atomic E-state index is 10.6. The summed E-state index contributed by atoms with van der Waals surface area (Å²) in [6.07, 6.45) is 0. The molecule has 12 heteroatoms. The van der Waals surface area contributed by atoms with Crippen LogP contribution in [0.25, 0.3) is 0 Å². The smallest absolute Gasteiger partial charge is 0.317 e. The third-order valence-electron chi connectivity index (χ3n) is 2.94. The van der Waals surface area contributed by atoms with Gasteiger partial charge in [-0.1, -0.05) is 0 Å². The molecule has 0 saturated carbocycles. The Kier molecular flexibility index (Phi) is 13.8. The summed E-state index contributed by atoms with van der Waals surface area (Å²) in [4.78, 5) is 44.4. The lowest BCUT2D eigenvalue weighted by Gasteiger charge is -2.23. The van der Waals surface area contributed by atoms with Crippen LogP contribution in [0.15, 0.2) is 0 Å². The van der Waals surface area contributed by atoms with E-state index < -0.39 is 50.1 Å². The van der Waals surface area contributed by atoms with Gasteiger partial charge < -0.3 is 30.0 Å². The van der Waals surface area contributed by atoms with Crippen LogP contribution in [0.1, 0.15) is 0 Å². The molecule has 158 valence electrons. The summed E-state index contributed by atoms with van der Waals surface area (Å²) >= 11 is 0. The molecular weight excluding hydrogens is 366 g/mol. The maximum Gasteiger partial charge on any atom is 0.317 e. The van der Waals surface area contributed by atoms with Gasteiger partial charge in [-0.15, -0.1) is 0 Å². The van der Waals surface area contributed by atoms with Gasteiger partial charge >= 0.3 is 23.9 Å². The molecule has 27 heavy (non-hydrogen) atoms. The second-order valence-corrected chi connectivity index (χ2v) is 6.73. The number of hydrogen-bond donors (Lipinski definition) is 5. The molecule has 0 atom stereocenters. The van der Waals surface area contributed by atoms with Gasteiger partial charge in [0.1, 0.15) is 6.54 Å². The first-order chi connectivity index (χ1) is 12.3. The first kappa shape index (κ1) is 26.9. The summed E-state index contributed by atoms with van der Waals surface area (Å²) in [6, 6.07) is 0. The van der Waals surface area contributed by atoms with Crippen LogP contribution in [-0.4, -0.2) is 137 Å². The van der Waals surface area contributed by atoms with E-state index in [1.54, 1.807) is 0 Å². The van der Waals surface area contributed by atoms with Gasteiger partial charge in [-0.3, -0.25) is 29.0 Å². The predicted octanol–water partition coefficient (Wildman–Crippen LogP) is -2.39. The molecule has 12 nitrogen and oxygen atoms in total. The van der Waals surface area contributed by atoms with Crippen molar-refractivity contribution in [3.63, 3.8) is 0 Å². The van der Waals surface area contributed by atoms with E-state index >= 15 is 0 Å². The number of likely N-dealkylation sites (N-methyl/N-ethyl adjacent to an activating group) is 1. The number of carbonyl (C=O) groups is 4. The number of aliphatic hydroxyl groups is 1. The minimum Gasteiger partial charge on any atom is -0.480 e. The quantitative estimate of drug-likeness (QED) is 0.210. The SMILES string of the molecule is C[N+](C)(C)CCO.O=C(O)CN(CCN(CC(=O)O)CC(=O)O)CC(=O)O. The lowest BCUT2D eigenvalue weighted by Crippen LogP contribution is -2.43. The number of aliphatic hydroxyl groups excluding tert-OH is 1. The molecule has 0 unspecified atom stereocenters. The van der Waals surface area contributed by atoms with Gasteiger partial charge in [0.05, 0.1) is 53.9 Å². The van der Waals surface area contributed by atoms with E-state index in [-0.39, 0.29) is 19.7 Å². The predicted molar refractivity (Wildman–Crippen MR) is 93.4 cm³/mol. The van der Waals surface area contributed by atoms with Crippen LogP contribution in [0.4, 0.5) is 0 Å². The Morgan fingerprint density at radius 2 is 0.926 bits per heavy atom. The summed E-state index contributed by atoms with van der Waals surface area (Å²) < 4.78 is 0.844. The van der Waals surface area contributed by atoms with Crippen molar-refractivity contribution >= 4 is 23.9 Å². The number of carboxylic acid groups (broad SMARTS) is 4. The highest BCUT2D eigenvalue weighted by Crippen LogP contribution is 1.94. The number of aliphatic carboxylic acids is 4. The highest BCUT2D eigenvalue weighted by molar-refractivity contribution is 5.73. The number of rotatable bonds is 13. The Bertz CT molecular complexity index is 423. The fourth-order valence-electron chi connectivity index (χ4n) is 1.78. The highest BCUT2D eigenvalue weighted by Gasteiger charge is 2.18. The molecule has 0 aliphatic heterocycles. The number of hydrogen-bond acceptors (Lipinski definition) is 7. The summed E-state index contributed by atoms with van der Waals surface area (Å²) in [5, 5.41) is 42.9. The van der Waals surface area contributed by atoms with Gasteiger partial charge in [-0.05, 0) is 0 Å². The Hall–Kier alpha value is -2.28. The first-order valence-electron chi connectivity index (χ1n) is 8.00. The van der Waals surface area contributed by atoms with Gasteiger partial charge in [-0.25, -0.2) is 0 Å². The first-order valence-corrected chi connectivity index (χ1v) is 8.00. The summed E-state index contributed by atoms with van der Waals surface area (Å²) in [6.45, 7) is -1.14. The molecule has 0 rings (SSSR count). The van der Waals surface area contributed by atoms with E-state index in [4.69, 9.17) is 25.5 Å². The van der Waals surface area contributed by atoms with Gasteiger partial charge in [0, 0.05) is 13.1 Å². The van der Waals surface area contributed by atoms with Crippen LogP contribution in [-0.2, 0) is 19.2 Å². The van der Waals surface area contributed by atoms with Crippen LogP contribution < -0.4 is 0 Å². The molecule has 0 bridgehead atoms. The van der Waals surface area contributed by atoms with E-state index in [9.17, 15) is 19.2 Å². The molecule has 0 saturated heterocycles. The molecule has 0 aromatic carbocycles. The molecule has 5 N–H and O–H groups in total. The molecule has 0 aliphatic carbocycles. The second kappa shape index (κ2) is 13.9. The van der Waals surface area contributed by atoms with Crippen molar-refractivity contribution in [1.29, 1.82) is 0 Å². The van der Waals surface area contributed by atoms with E-state index in [0.29, 0.717) is 0 Å². The average molecular weight is 396 g/mol. The number of nitrogens with zero attached hydrogens (tertiary/aromatic N) is 3. The number of carboxylic acids is 4. The van der Waals surface area contributed by atoms with Crippen molar-refractivity contribution < 1.29 is 49.2 Å².